The maximum Gasteiger partial charge on any atom is 0.260 e. The van der Waals surface area contributed by atoms with Gasteiger partial charge < -0.3 is 9.64 Å². The first-order valence-corrected chi connectivity index (χ1v) is 11.4. The second-order valence-electron chi connectivity index (χ2n) is 8.13. The molecule has 0 aliphatic rings. The molecule has 32 heavy (non-hydrogen) atoms. The number of nitrogens with zero attached hydrogens (tertiary/aromatic N) is 3. The molecule has 4 aromatic rings. The van der Waals surface area contributed by atoms with E-state index in [1.165, 1.54) is 11.1 Å². The lowest BCUT2D eigenvalue weighted by molar-refractivity contribution is 0.0985. The summed E-state index contributed by atoms with van der Waals surface area (Å²) in [7, 11) is 4.01. The highest BCUT2D eigenvalue weighted by Crippen LogP contribution is 2.33. The highest BCUT2D eigenvalue weighted by Gasteiger charge is 2.22. The molecular formula is C26H27N3O2S. The maximum atomic E-state index is 13.6. The molecule has 0 saturated carbocycles. The van der Waals surface area contributed by atoms with Crippen LogP contribution in [-0.4, -0.2) is 43.0 Å². The zero-order valence-corrected chi connectivity index (χ0v) is 19.6. The lowest BCUT2D eigenvalue weighted by Gasteiger charge is -2.22. The van der Waals surface area contributed by atoms with Gasteiger partial charge in [0, 0.05) is 18.7 Å². The molecule has 0 fully saturated rings. The molecule has 0 bridgehead atoms. The molecule has 1 amide bonds. The molecule has 4 rings (SSSR count). The van der Waals surface area contributed by atoms with Gasteiger partial charge in [0.2, 0.25) is 0 Å². The third-order valence-electron chi connectivity index (χ3n) is 5.12. The van der Waals surface area contributed by atoms with Crippen LogP contribution in [0.2, 0.25) is 0 Å². The lowest BCUT2D eigenvalue weighted by atomic mass is 10.1. The Morgan fingerprint density at radius 3 is 2.44 bits per heavy atom. The number of aromatic nitrogens is 1. The van der Waals surface area contributed by atoms with Gasteiger partial charge in [-0.2, -0.15) is 0 Å². The van der Waals surface area contributed by atoms with Crippen molar-refractivity contribution in [3.8, 4) is 11.5 Å². The summed E-state index contributed by atoms with van der Waals surface area (Å²) in [5.41, 5.74) is 3.86. The van der Waals surface area contributed by atoms with E-state index in [-0.39, 0.29) is 5.91 Å². The van der Waals surface area contributed by atoms with Crippen molar-refractivity contribution in [1.82, 2.24) is 9.88 Å². The SMILES string of the molecule is Cc1cc(C)c2sc(N(CCN(C)C)C(=O)c3cccc(Oc4ccccc4)c3)nc2c1. The Kier molecular flexibility index (Phi) is 6.53. The number of benzene rings is 3. The number of carbonyl (C=O) groups is 1. The van der Waals surface area contributed by atoms with Crippen LogP contribution in [0.15, 0.2) is 66.7 Å². The summed E-state index contributed by atoms with van der Waals surface area (Å²) < 4.78 is 7.06. The largest absolute Gasteiger partial charge is 0.457 e. The van der Waals surface area contributed by atoms with Crippen molar-refractivity contribution >= 4 is 32.6 Å². The minimum atomic E-state index is -0.0845. The number of carbonyl (C=O) groups excluding carboxylic acids is 1. The number of thiazole rings is 1. The van der Waals surface area contributed by atoms with Gasteiger partial charge in [0.15, 0.2) is 5.13 Å². The first kappa shape index (κ1) is 22.0. The third kappa shape index (κ3) is 4.98. The number of likely N-dealkylation sites (N-methyl/N-ethyl adjacent to an activating group) is 1. The molecule has 164 valence electrons. The van der Waals surface area contributed by atoms with Gasteiger partial charge in [-0.25, -0.2) is 4.98 Å². The van der Waals surface area contributed by atoms with Crippen LogP contribution >= 0.6 is 11.3 Å². The van der Waals surface area contributed by atoms with Crippen LogP contribution in [0.4, 0.5) is 5.13 Å². The number of aryl methyl sites for hydroxylation is 2. The number of ether oxygens (including phenoxy) is 1. The number of hydrogen-bond acceptors (Lipinski definition) is 5. The molecule has 3 aromatic carbocycles. The van der Waals surface area contributed by atoms with E-state index in [0.717, 1.165) is 27.6 Å². The van der Waals surface area contributed by atoms with E-state index in [9.17, 15) is 4.79 Å². The predicted molar refractivity (Wildman–Crippen MR) is 132 cm³/mol. The van der Waals surface area contributed by atoms with E-state index in [4.69, 9.17) is 9.72 Å². The quantitative estimate of drug-likeness (QED) is 0.355. The molecule has 6 heteroatoms. The average Bonchev–Trinajstić information content (AvgIpc) is 3.18. The second kappa shape index (κ2) is 9.51. The molecule has 5 nitrogen and oxygen atoms in total. The minimum Gasteiger partial charge on any atom is -0.457 e. The van der Waals surface area contributed by atoms with E-state index >= 15 is 0 Å². The summed E-state index contributed by atoms with van der Waals surface area (Å²) >= 11 is 1.57. The number of anilines is 1. The molecular weight excluding hydrogens is 418 g/mol. The predicted octanol–water partition coefficient (Wildman–Crippen LogP) is 5.91. The summed E-state index contributed by atoms with van der Waals surface area (Å²) in [5, 5.41) is 0.718. The van der Waals surface area contributed by atoms with Crippen molar-refractivity contribution in [1.29, 1.82) is 0 Å². The van der Waals surface area contributed by atoms with Crippen LogP contribution in [0.3, 0.4) is 0 Å². The highest BCUT2D eigenvalue weighted by molar-refractivity contribution is 7.22. The Bertz CT molecular complexity index is 1230. The van der Waals surface area contributed by atoms with Gasteiger partial charge in [0.25, 0.3) is 5.91 Å². The van der Waals surface area contributed by atoms with Crippen LogP contribution in [0.1, 0.15) is 21.5 Å². The van der Waals surface area contributed by atoms with Gasteiger partial charge in [-0.05, 0) is 75.5 Å². The fourth-order valence-electron chi connectivity index (χ4n) is 3.54. The van der Waals surface area contributed by atoms with E-state index in [1.54, 1.807) is 22.3 Å². The molecule has 0 aliphatic heterocycles. The van der Waals surface area contributed by atoms with Crippen LogP contribution in [0.25, 0.3) is 10.2 Å². The number of para-hydroxylation sites is 1. The number of hydrogen-bond donors (Lipinski definition) is 0. The Morgan fingerprint density at radius 2 is 1.69 bits per heavy atom. The van der Waals surface area contributed by atoms with E-state index in [1.807, 2.05) is 62.6 Å². The van der Waals surface area contributed by atoms with Crippen molar-refractivity contribution in [2.45, 2.75) is 13.8 Å². The van der Waals surface area contributed by atoms with E-state index < -0.39 is 0 Å². The molecule has 0 aliphatic carbocycles. The Morgan fingerprint density at radius 1 is 0.938 bits per heavy atom. The topological polar surface area (TPSA) is 45.7 Å². The number of fused-ring (bicyclic) bond motifs is 1. The summed E-state index contributed by atoms with van der Waals surface area (Å²) in [6.07, 6.45) is 0. The van der Waals surface area contributed by atoms with Gasteiger partial charge in [-0.3, -0.25) is 9.69 Å². The summed E-state index contributed by atoms with van der Waals surface area (Å²) in [5.74, 6) is 1.28. The molecule has 0 N–H and O–H groups in total. The first-order valence-electron chi connectivity index (χ1n) is 10.6. The number of amides is 1. The van der Waals surface area contributed by atoms with Crippen LogP contribution in [-0.2, 0) is 0 Å². The standard InChI is InChI=1S/C26H27N3O2S/c1-18-15-19(2)24-23(16-18)27-26(32-24)29(14-13-28(3)4)25(30)20-9-8-12-22(17-20)31-21-10-6-5-7-11-21/h5-12,15-17H,13-14H2,1-4H3. The second-order valence-corrected chi connectivity index (χ2v) is 9.11. The Hall–Kier alpha value is -3.22. The van der Waals surface area contributed by atoms with Crippen molar-refractivity contribution in [2.24, 2.45) is 0 Å². The Balaban J connectivity index is 1.67. The minimum absolute atomic E-state index is 0.0845. The van der Waals surface area contributed by atoms with Crippen LogP contribution < -0.4 is 9.64 Å². The van der Waals surface area contributed by atoms with Crippen molar-refractivity contribution < 1.29 is 9.53 Å². The molecule has 0 spiro atoms. The smallest absolute Gasteiger partial charge is 0.260 e. The van der Waals surface area contributed by atoms with Crippen LogP contribution in [0, 0.1) is 13.8 Å². The van der Waals surface area contributed by atoms with E-state index in [0.29, 0.717) is 17.9 Å². The first-order chi connectivity index (χ1) is 15.4. The molecule has 0 radical (unpaired) electrons. The molecule has 1 heterocycles. The summed E-state index contributed by atoms with van der Waals surface area (Å²) in [6.45, 7) is 5.44. The van der Waals surface area contributed by atoms with Gasteiger partial charge in [0.1, 0.15) is 11.5 Å². The fourth-order valence-corrected chi connectivity index (χ4v) is 4.58. The van der Waals surface area contributed by atoms with Gasteiger partial charge in [-0.15, -0.1) is 0 Å². The van der Waals surface area contributed by atoms with Gasteiger partial charge >= 0.3 is 0 Å². The number of rotatable bonds is 7. The lowest BCUT2D eigenvalue weighted by Crippen LogP contribution is -2.36. The molecule has 0 unspecified atom stereocenters. The maximum absolute atomic E-state index is 13.6. The summed E-state index contributed by atoms with van der Waals surface area (Å²) in [4.78, 5) is 22.3. The van der Waals surface area contributed by atoms with Crippen molar-refractivity contribution in [2.75, 3.05) is 32.1 Å². The zero-order chi connectivity index (χ0) is 22.7. The average molecular weight is 446 g/mol. The zero-order valence-electron chi connectivity index (χ0n) is 18.8. The van der Waals surface area contributed by atoms with Gasteiger partial charge in [0.05, 0.1) is 10.2 Å². The fraction of sp³-hybridized carbons (Fsp3) is 0.231. The normalized spacial score (nSPS) is 11.2. The molecule has 0 saturated heterocycles. The molecule has 0 atom stereocenters. The Labute approximate surface area is 192 Å². The van der Waals surface area contributed by atoms with Crippen molar-refractivity contribution in [3.05, 3.63) is 83.4 Å². The monoisotopic (exact) mass is 445 g/mol. The van der Waals surface area contributed by atoms with Crippen molar-refractivity contribution in [3.63, 3.8) is 0 Å². The highest BCUT2D eigenvalue weighted by atomic mass is 32.1. The van der Waals surface area contributed by atoms with Gasteiger partial charge in [-0.1, -0.05) is 41.7 Å². The van der Waals surface area contributed by atoms with E-state index in [2.05, 4.69) is 30.9 Å². The van der Waals surface area contributed by atoms with Crippen LogP contribution in [0.5, 0.6) is 11.5 Å². The third-order valence-corrected chi connectivity index (χ3v) is 6.35. The summed E-state index contributed by atoms with van der Waals surface area (Å²) in [6, 6.07) is 21.1. The molecule has 1 aromatic heterocycles.